The zero-order valence-electron chi connectivity index (χ0n) is 13.0. The van der Waals surface area contributed by atoms with E-state index in [1.165, 1.54) is 11.1 Å². The van der Waals surface area contributed by atoms with E-state index in [-0.39, 0.29) is 40.4 Å². The Bertz CT molecular complexity index is 336. The molecular weight excluding hydrogens is 270 g/mol. The van der Waals surface area contributed by atoms with E-state index >= 15 is 0 Å². The fraction of sp³-hybridized carbons (Fsp3) is 0.571. The van der Waals surface area contributed by atoms with Gasteiger partial charge in [0.05, 0.1) is 0 Å². The topological polar surface area (TPSA) is 60.7 Å². The molecule has 1 rings (SSSR count). The molecular formula is C14H24NaO3P. The van der Waals surface area contributed by atoms with Crippen molar-refractivity contribution in [1.82, 2.24) is 0 Å². The Morgan fingerprint density at radius 1 is 0.947 bits per heavy atom. The fourth-order valence-corrected chi connectivity index (χ4v) is 1.37. The van der Waals surface area contributed by atoms with Crippen LogP contribution in [0.5, 0.6) is 0 Å². The Morgan fingerprint density at radius 3 is 1.68 bits per heavy atom. The molecule has 0 radical (unpaired) electrons. The molecule has 0 atom stereocenters. The minimum atomic E-state index is -2.62. The van der Waals surface area contributed by atoms with E-state index in [9.17, 15) is 0 Å². The molecule has 0 aliphatic carbocycles. The maximum atomic E-state index is 7.23. The predicted molar refractivity (Wildman–Crippen MR) is 76.3 cm³/mol. The molecule has 0 bridgehead atoms. The average Bonchev–Trinajstić information content (AvgIpc) is 2.14. The van der Waals surface area contributed by atoms with Gasteiger partial charge in [-0.2, -0.15) is 35.4 Å². The quantitative estimate of drug-likeness (QED) is 0.366. The largest absolute Gasteiger partial charge is 1.00 e. The summed E-state index contributed by atoms with van der Waals surface area (Å²) in [5, 5.41) is 0. The number of rotatable bonds is 0. The molecule has 0 aliphatic rings. The van der Waals surface area contributed by atoms with Crippen LogP contribution in [0.2, 0.25) is 0 Å². The van der Waals surface area contributed by atoms with E-state index in [4.69, 9.17) is 14.7 Å². The van der Waals surface area contributed by atoms with Crippen molar-refractivity contribution in [3.8, 4) is 0 Å². The van der Waals surface area contributed by atoms with Gasteiger partial charge in [-0.15, -0.1) is 0 Å². The molecule has 0 unspecified atom stereocenters. The summed E-state index contributed by atoms with van der Waals surface area (Å²) >= 11 is 0. The summed E-state index contributed by atoms with van der Waals surface area (Å²) < 4.78 is 0. The number of benzene rings is 1. The van der Waals surface area contributed by atoms with Crippen LogP contribution in [0.4, 0.5) is 0 Å². The number of hydrogen-bond donors (Lipinski definition) is 3. The minimum absolute atomic E-state index is 0. The van der Waals surface area contributed by atoms with E-state index in [0.29, 0.717) is 0 Å². The van der Waals surface area contributed by atoms with Gasteiger partial charge in [0.2, 0.25) is 0 Å². The fourth-order valence-electron chi connectivity index (χ4n) is 1.37. The Kier molecular flexibility index (Phi) is 10.0. The molecule has 19 heavy (non-hydrogen) atoms. The molecule has 1 aromatic rings. The normalized spacial score (nSPS) is 11.5. The van der Waals surface area contributed by atoms with Crippen molar-refractivity contribution < 1.29 is 44.2 Å². The van der Waals surface area contributed by atoms with Gasteiger partial charge in [-0.1, -0.05) is 41.5 Å². The third-order valence-corrected chi connectivity index (χ3v) is 2.48. The van der Waals surface area contributed by atoms with Crippen molar-refractivity contribution >= 4 is 8.60 Å². The summed E-state index contributed by atoms with van der Waals surface area (Å²) in [6.45, 7) is 13.4. The smallest absolute Gasteiger partial charge is 0.328 e. The molecule has 1 aromatic carbocycles. The van der Waals surface area contributed by atoms with E-state index < -0.39 is 8.60 Å². The zero-order chi connectivity index (χ0) is 14.6. The van der Waals surface area contributed by atoms with Gasteiger partial charge >= 0.3 is 38.2 Å². The van der Waals surface area contributed by atoms with Crippen molar-refractivity contribution in [2.75, 3.05) is 0 Å². The Hall–Kier alpha value is 0.530. The summed E-state index contributed by atoms with van der Waals surface area (Å²) in [7, 11) is -2.62. The molecule has 3 nitrogen and oxygen atoms in total. The van der Waals surface area contributed by atoms with Crippen LogP contribution in [0.25, 0.3) is 0 Å². The van der Waals surface area contributed by atoms with Crippen molar-refractivity contribution in [1.29, 1.82) is 0 Å². The Balaban J connectivity index is 0. The summed E-state index contributed by atoms with van der Waals surface area (Å²) in [4.78, 5) is 21.7. The molecule has 0 fully saturated rings. The first-order chi connectivity index (χ1) is 7.94. The van der Waals surface area contributed by atoms with Crippen LogP contribution in [0.3, 0.4) is 0 Å². The second-order valence-electron chi connectivity index (χ2n) is 6.26. The molecule has 0 aromatic heterocycles. The van der Waals surface area contributed by atoms with E-state index in [1.807, 2.05) is 6.07 Å². The predicted octanol–water partition coefficient (Wildman–Crippen LogP) is 0.276. The molecule has 5 heteroatoms. The molecule has 0 aliphatic heterocycles. The van der Waals surface area contributed by atoms with Gasteiger partial charge in [-0.25, -0.2) is 0 Å². The molecule has 104 valence electrons. The first-order valence-electron chi connectivity index (χ1n) is 5.84. The van der Waals surface area contributed by atoms with Crippen LogP contribution < -0.4 is 29.6 Å². The van der Waals surface area contributed by atoms with E-state index in [2.05, 4.69) is 59.7 Å². The Morgan fingerprint density at radius 2 is 1.37 bits per heavy atom. The number of hydrogen-bond acceptors (Lipinski definition) is 3. The maximum absolute atomic E-state index is 7.23. The Labute approximate surface area is 140 Å². The summed E-state index contributed by atoms with van der Waals surface area (Å²) in [6, 6.07) is 9.80. The molecule has 0 saturated carbocycles. The summed E-state index contributed by atoms with van der Waals surface area (Å²) in [6.07, 6.45) is 0. The summed E-state index contributed by atoms with van der Waals surface area (Å²) in [5.41, 5.74) is 3.11. The SMILES string of the molecule is CC(C)(C)c1[c-]ccc(C(C)(C)C)c1.OP(O)O.[Na+]. The molecule has 0 saturated heterocycles. The van der Waals surface area contributed by atoms with Gasteiger partial charge in [0.25, 0.3) is 0 Å². The maximum Gasteiger partial charge on any atom is 1.00 e. The second kappa shape index (κ2) is 8.74. The van der Waals surface area contributed by atoms with E-state index in [0.717, 1.165) is 0 Å². The zero-order valence-corrected chi connectivity index (χ0v) is 15.9. The van der Waals surface area contributed by atoms with Crippen LogP contribution in [-0.4, -0.2) is 14.7 Å². The van der Waals surface area contributed by atoms with Crippen molar-refractivity contribution in [2.24, 2.45) is 0 Å². The van der Waals surface area contributed by atoms with Gasteiger partial charge in [0.15, 0.2) is 0 Å². The van der Waals surface area contributed by atoms with Crippen LogP contribution in [0, 0.1) is 6.07 Å². The van der Waals surface area contributed by atoms with Crippen LogP contribution in [0.1, 0.15) is 52.7 Å². The van der Waals surface area contributed by atoms with Gasteiger partial charge in [-0.3, -0.25) is 0 Å². The monoisotopic (exact) mass is 294 g/mol. The molecule has 0 spiro atoms. The molecule has 0 amide bonds. The van der Waals surface area contributed by atoms with Crippen molar-refractivity contribution in [3.63, 3.8) is 0 Å². The molecule has 0 heterocycles. The van der Waals surface area contributed by atoms with Gasteiger partial charge in [0, 0.05) is 0 Å². The molecule has 3 N–H and O–H groups in total. The standard InChI is InChI=1S/C14H21.Na.H3O3P/c1-13(2,3)11-8-7-9-12(10-11)14(4,5)6;;1-4(2)3/h7-8,10H,1-6H3;;1-3H/q-1;+1;. The third-order valence-electron chi connectivity index (χ3n) is 2.48. The minimum Gasteiger partial charge on any atom is -0.328 e. The second-order valence-corrected chi connectivity index (χ2v) is 6.80. The van der Waals surface area contributed by atoms with Crippen LogP contribution in [0.15, 0.2) is 18.2 Å². The van der Waals surface area contributed by atoms with Crippen LogP contribution >= 0.6 is 8.60 Å². The van der Waals surface area contributed by atoms with Gasteiger partial charge in [0.1, 0.15) is 0 Å². The first-order valence-corrected chi connectivity index (χ1v) is 7.04. The first kappa shape index (κ1) is 21.8. The van der Waals surface area contributed by atoms with Crippen molar-refractivity contribution in [3.05, 3.63) is 35.4 Å². The van der Waals surface area contributed by atoms with Gasteiger partial charge < -0.3 is 14.7 Å². The van der Waals surface area contributed by atoms with E-state index in [1.54, 1.807) is 0 Å². The van der Waals surface area contributed by atoms with Crippen LogP contribution in [-0.2, 0) is 10.8 Å². The third kappa shape index (κ3) is 9.97. The average molecular weight is 294 g/mol. The van der Waals surface area contributed by atoms with Crippen molar-refractivity contribution in [2.45, 2.75) is 52.4 Å². The summed E-state index contributed by atoms with van der Waals surface area (Å²) in [5.74, 6) is 0. The van der Waals surface area contributed by atoms with Gasteiger partial charge in [-0.05, 0) is 10.8 Å².